The molecule has 0 atom stereocenters. The molecule has 3 rings (SSSR count). The van der Waals surface area contributed by atoms with Crippen molar-refractivity contribution in [3.63, 3.8) is 0 Å². The highest BCUT2D eigenvalue weighted by molar-refractivity contribution is 8.14. The van der Waals surface area contributed by atoms with Gasteiger partial charge in [0.25, 0.3) is 5.24 Å². The molecule has 0 aromatic heterocycles. The van der Waals surface area contributed by atoms with Crippen molar-refractivity contribution in [3.05, 3.63) is 65.7 Å². The van der Waals surface area contributed by atoms with Crippen LogP contribution < -0.4 is 10.1 Å². The van der Waals surface area contributed by atoms with Crippen molar-refractivity contribution in [2.24, 2.45) is 0 Å². The second-order valence-corrected chi connectivity index (χ2v) is 6.90. The van der Waals surface area contributed by atoms with E-state index in [1.54, 1.807) is 0 Å². The maximum absolute atomic E-state index is 10.2. The van der Waals surface area contributed by atoms with Gasteiger partial charge in [-0.1, -0.05) is 54.2 Å². The van der Waals surface area contributed by atoms with Crippen LogP contribution in [0, 0.1) is 0 Å². The smallest absolute Gasteiger partial charge is 0.286 e. The van der Waals surface area contributed by atoms with E-state index in [4.69, 9.17) is 4.74 Å². The number of aldehydes is 1. The Labute approximate surface area is 163 Å². The molecule has 0 spiro atoms. The van der Waals surface area contributed by atoms with E-state index in [-0.39, 0.29) is 11.1 Å². The van der Waals surface area contributed by atoms with Crippen LogP contribution in [0.1, 0.15) is 30.4 Å². The van der Waals surface area contributed by atoms with E-state index in [0.29, 0.717) is 18.8 Å². The van der Waals surface area contributed by atoms with Crippen molar-refractivity contribution in [1.82, 2.24) is 5.32 Å². The number of hydrogen-bond acceptors (Lipinski definition) is 5. The van der Waals surface area contributed by atoms with Crippen molar-refractivity contribution in [2.75, 3.05) is 5.75 Å². The van der Waals surface area contributed by atoms with Crippen molar-refractivity contribution in [2.45, 2.75) is 32.3 Å². The molecular formula is C21H23NO4S. The molecule has 1 saturated heterocycles. The lowest BCUT2D eigenvalue weighted by Crippen LogP contribution is -2.18. The highest BCUT2D eigenvalue weighted by atomic mass is 32.2. The largest absolute Gasteiger partial charge is 0.489 e. The summed E-state index contributed by atoms with van der Waals surface area (Å²) < 4.78 is 5.74. The molecule has 0 radical (unpaired) electrons. The zero-order valence-electron chi connectivity index (χ0n) is 15.1. The molecule has 1 N–H and O–H groups in total. The van der Waals surface area contributed by atoms with E-state index in [0.717, 1.165) is 43.1 Å². The highest BCUT2D eigenvalue weighted by Crippen LogP contribution is 2.15. The van der Waals surface area contributed by atoms with Crippen LogP contribution in [-0.2, 0) is 22.6 Å². The lowest BCUT2D eigenvalue weighted by atomic mass is 10.1. The number of amides is 2. The van der Waals surface area contributed by atoms with Gasteiger partial charge in [0.05, 0.1) is 5.75 Å². The molecule has 2 aromatic carbocycles. The summed E-state index contributed by atoms with van der Waals surface area (Å²) >= 11 is 1.01. The number of aryl methyl sites for hydroxylation is 1. The fourth-order valence-corrected chi connectivity index (χ4v) is 2.89. The summed E-state index contributed by atoms with van der Waals surface area (Å²) in [6.45, 7) is 0.597. The summed E-state index contributed by atoms with van der Waals surface area (Å²) in [6, 6.07) is 18.4. The number of carbonyl (C=O) groups excluding carboxylic acids is 3. The van der Waals surface area contributed by atoms with Crippen LogP contribution in [0.25, 0.3) is 0 Å². The van der Waals surface area contributed by atoms with Crippen molar-refractivity contribution in [3.8, 4) is 5.75 Å². The first-order valence-electron chi connectivity index (χ1n) is 8.83. The normalized spacial score (nSPS) is 12.7. The Balaban J connectivity index is 0.000000313. The molecule has 1 aliphatic heterocycles. The molecule has 0 unspecified atom stereocenters. The van der Waals surface area contributed by atoms with Gasteiger partial charge >= 0.3 is 0 Å². The number of benzene rings is 2. The second-order valence-electron chi connectivity index (χ2n) is 5.95. The standard InChI is InChI=1S/C18H20O2.C3H3NO2S/c19-14-6-2-5-7-16-10-12-18(13-11-16)20-15-17-8-3-1-4-9-17;5-2-1-7-3(6)4-2/h1,3-4,8-14H,2,5-7,15H2;1H2,(H,4,5,6). The quantitative estimate of drug-likeness (QED) is 0.546. The lowest BCUT2D eigenvalue weighted by Gasteiger charge is -2.07. The van der Waals surface area contributed by atoms with E-state index < -0.39 is 0 Å². The minimum atomic E-state index is -0.231. The van der Waals surface area contributed by atoms with Crippen molar-refractivity contribution < 1.29 is 19.1 Å². The molecule has 27 heavy (non-hydrogen) atoms. The molecule has 0 aliphatic carbocycles. The third kappa shape index (κ3) is 8.55. The molecule has 1 fully saturated rings. The first-order chi connectivity index (χ1) is 13.2. The number of ether oxygens (including phenoxy) is 1. The van der Waals surface area contributed by atoms with Crippen molar-refractivity contribution in [1.29, 1.82) is 0 Å². The Morgan fingerprint density at radius 1 is 0.963 bits per heavy atom. The van der Waals surface area contributed by atoms with Gasteiger partial charge in [-0.25, -0.2) is 0 Å². The molecular weight excluding hydrogens is 362 g/mol. The summed E-state index contributed by atoms with van der Waals surface area (Å²) in [5, 5.41) is 1.87. The van der Waals surface area contributed by atoms with E-state index in [2.05, 4.69) is 29.6 Å². The minimum Gasteiger partial charge on any atom is -0.489 e. The average Bonchev–Trinajstić information content (AvgIpc) is 3.08. The molecule has 5 nitrogen and oxygen atoms in total. The number of carbonyl (C=O) groups is 3. The average molecular weight is 385 g/mol. The Hall–Kier alpha value is -2.60. The molecule has 2 aromatic rings. The summed E-state index contributed by atoms with van der Waals surface area (Å²) in [6.07, 6.45) is 4.70. The molecule has 1 heterocycles. The van der Waals surface area contributed by atoms with Gasteiger partial charge in [-0.3, -0.25) is 14.9 Å². The van der Waals surface area contributed by atoms with Gasteiger partial charge in [0.2, 0.25) is 5.91 Å². The number of hydrogen-bond donors (Lipinski definition) is 1. The first kappa shape index (κ1) is 20.7. The molecule has 6 heteroatoms. The van der Waals surface area contributed by atoms with Gasteiger partial charge in [0, 0.05) is 6.42 Å². The third-order valence-corrected chi connectivity index (χ3v) is 4.56. The van der Waals surface area contributed by atoms with Gasteiger partial charge in [-0.2, -0.15) is 0 Å². The van der Waals surface area contributed by atoms with Gasteiger partial charge in [-0.15, -0.1) is 0 Å². The van der Waals surface area contributed by atoms with Crippen LogP contribution in [0.5, 0.6) is 5.75 Å². The molecule has 0 bridgehead atoms. The van der Waals surface area contributed by atoms with E-state index in [1.807, 2.05) is 30.3 Å². The van der Waals surface area contributed by atoms with E-state index in [1.165, 1.54) is 11.1 Å². The zero-order valence-corrected chi connectivity index (χ0v) is 15.9. The van der Waals surface area contributed by atoms with Crippen LogP contribution >= 0.6 is 11.8 Å². The number of imide groups is 1. The third-order valence-electron chi connectivity index (χ3n) is 3.78. The van der Waals surface area contributed by atoms with E-state index >= 15 is 0 Å². The first-order valence-corrected chi connectivity index (χ1v) is 9.82. The summed E-state index contributed by atoms with van der Waals surface area (Å²) in [7, 11) is 0. The Morgan fingerprint density at radius 2 is 1.70 bits per heavy atom. The molecule has 0 saturated carbocycles. The topological polar surface area (TPSA) is 72.5 Å². The molecule has 2 amide bonds. The molecule has 142 valence electrons. The van der Waals surface area contributed by atoms with Gasteiger partial charge in [-0.05, 0) is 42.5 Å². The second kappa shape index (κ2) is 11.9. The number of thioether (sulfide) groups is 1. The summed E-state index contributed by atoms with van der Waals surface area (Å²) in [5.41, 5.74) is 2.47. The fraction of sp³-hybridized carbons (Fsp3) is 0.286. The summed E-state index contributed by atoms with van der Waals surface area (Å²) in [4.78, 5) is 30.4. The predicted molar refractivity (Wildman–Crippen MR) is 107 cm³/mol. The lowest BCUT2D eigenvalue weighted by molar-refractivity contribution is -0.117. The number of rotatable bonds is 8. The monoisotopic (exact) mass is 385 g/mol. The van der Waals surface area contributed by atoms with Crippen LogP contribution in [0.15, 0.2) is 54.6 Å². The van der Waals surface area contributed by atoms with Crippen LogP contribution in [-0.4, -0.2) is 23.2 Å². The van der Waals surface area contributed by atoms with Crippen LogP contribution in [0.4, 0.5) is 4.79 Å². The Bertz CT molecular complexity index is 718. The summed E-state index contributed by atoms with van der Waals surface area (Å²) in [5.74, 6) is 0.999. The van der Waals surface area contributed by atoms with E-state index in [9.17, 15) is 14.4 Å². The highest BCUT2D eigenvalue weighted by Gasteiger charge is 2.16. The molecule has 1 aliphatic rings. The zero-order chi connectivity index (χ0) is 19.3. The van der Waals surface area contributed by atoms with Crippen molar-refractivity contribution >= 4 is 29.2 Å². The maximum Gasteiger partial charge on any atom is 0.286 e. The van der Waals surface area contributed by atoms with Crippen LogP contribution in [0.2, 0.25) is 0 Å². The van der Waals surface area contributed by atoms with Gasteiger partial charge in [0.1, 0.15) is 18.6 Å². The van der Waals surface area contributed by atoms with Gasteiger partial charge < -0.3 is 9.53 Å². The number of unbranched alkanes of at least 4 members (excludes halogenated alkanes) is 2. The minimum absolute atomic E-state index is 0.185. The van der Waals surface area contributed by atoms with Gasteiger partial charge in [0.15, 0.2) is 0 Å². The fourth-order valence-electron chi connectivity index (χ4n) is 2.37. The maximum atomic E-state index is 10.2. The SMILES string of the molecule is O=C1CSC(=O)N1.O=CCCCCc1ccc(OCc2ccccc2)cc1. The Morgan fingerprint density at radius 3 is 2.26 bits per heavy atom. The van der Waals surface area contributed by atoms with Crippen LogP contribution in [0.3, 0.4) is 0 Å². The predicted octanol–water partition coefficient (Wildman–Crippen LogP) is 4.15. The number of nitrogens with one attached hydrogen (secondary N) is 1. The Kier molecular flexibility index (Phi) is 9.13.